The number of benzene rings is 1. The molecular weight excluding hydrogens is 230 g/mol. The van der Waals surface area contributed by atoms with Crippen molar-refractivity contribution in [3.05, 3.63) is 52.9 Å². The summed E-state index contributed by atoms with van der Waals surface area (Å²) in [6.07, 6.45) is 2.13. The van der Waals surface area contributed by atoms with Crippen molar-refractivity contribution in [1.29, 1.82) is 0 Å². The quantitative estimate of drug-likeness (QED) is 0.683. The van der Waals surface area contributed by atoms with Crippen molar-refractivity contribution in [3.8, 4) is 5.75 Å². The van der Waals surface area contributed by atoms with E-state index in [1.165, 1.54) is 15.8 Å². The molecule has 0 amide bonds. The maximum atomic E-state index is 5.23. The summed E-state index contributed by atoms with van der Waals surface area (Å²) in [5.74, 6) is 0.909. The largest absolute Gasteiger partial charge is 0.497 e. The van der Waals surface area contributed by atoms with Crippen LogP contribution in [0.3, 0.4) is 0 Å². The summed E-state index contributed by atoms with van der Waals surface area (Å²) < 4.78 is 7.49. The van der Waals surface area contributed by atoms with Crippen LogP contribution in [0.15, 0.2) is 48.0 Å². The van der Waals surface area contributed by atoms with E-state index in [1.807, 2.05) is 6.07 Å². The number of rotatable bonds is 3. The van der Waals surface area contributed by atoms with E-state index in [1.54, 1.807) is 18.4 Å². The molecule has 1 aromatic carbocycles. The van der Waals surface area contributed by atoms with Crippen LogP contribution in [0, 0.1) is 0 Å². The fourth-order valence-corrected chi connectivity index (χ4v) is 2.72. The van der Waals surface area contributed by atoms with E-state index in [0.717, 1.165) is 12.3 Å². The smallest absolute Gasteiger partial charge is 0.119 e. The van der Waals surface area contributed by atoms with Gasteiger partial charge in [0.1, 0.15) is 5.75 Å². The Bertz CT molecular complexity index is 625. The summed E-state index contributed by atoms with van der Waals surface area (Å²) >= 11 is 1.79. The second-order valence-corrected chi connectivity index (χ2v) is 4.98. The molecule has 3 heteroatoms. The van der Waals surface area contributed by atoms with Gasteiger partial charge in [0.05, 0.1) is 13.7 Å². The molecule has 0 bridgehead atoms. The van der Waals surface area contributed by atoms with Gasteiger partial charge in [0.15, 0.2) is 0 Å². The molecule has 0 atom stereocenters. The van der Waals surface area contributed by atoms with E-state index in [0.29, 0.717) is 0 Å². The molecule has 3 aromatic rings. The summed E-state index contributed by atoms with van der Waals surface area (Å²) in [4.78, 5) is 1.37. The highest BCUT2D eigenvalue weighted by Gasteiger charge is 2.03. The Balaban J connectivity index is 2.00. The van der Waals surface area contributed by atoms with Crippen molar-refractivity contribution < 1.29 is 4.74 Å². The first-order valence-corrected chi connectivity index (χ1v) is 6.40. The first-order chi connectivity index (χ1) is 8.36. The monoisotopic (exact) mass is 243 g/mol. The zero-order valence-electron chi connectivity index (χ0n) is 9.59. The summed E-state index contributed by atoms with van der Waals surface area (Å²) in [6.45, 7) is 0.938. The molecule has 2 aromatic heterocycles. The molecule has 0 aliphatic rings. The van der Waals surface area contributed by atoms with Gasteiger partial charge in [-0.15, -0.1) is 11.3 Å². The molecular formula is C14H13NOS. The maximum Gasteiger partial charge on any atom is 0.119 e. The Hall–Kier alpha value is -1.74. The van der Waals surface area contributed by atoms with Crippen molar-refractivity contribution in [2.24, 2.45) is 0 Å². The lowest BCUT2D eigenvalue weighted by atomic mass is 10.2. The average Bonchev–Trinajstić information content (AvgIpc) is 2.99. The van der Waals surface area contributed by atoms with Gasteiger partial charge in [0.25, 0.3) is 0 Å². The summed E-state index contributed by atoms with van der Waals surface area (Å²) in [6, 6.07) is 12.6. The second-order valence-electron chi connectivity index (χ2n) is 3.95. The summed E-state index contributed by atoms with van der Waals surface area (Å²) in [5.41, 5.74) is 1.25. The number of hydrogen-bond donors (Lipinski definition) is 0. The van der Waals surface area contributed by atoms with E-state index in [-0.39, 0.29) is 0 Å². The number of ether oxygens (including phenoxy) is 1. The first-order valence-electron chi connectivity index (χ1n) is 5.52. The molecule has 0 fully saturated rings. The molecule has 0 aliphatic heterocycles. The molecule has 0 spiro atoms. The molecule has 3 rings (SSSR count). The zero-order valence-corrected chi connectivity index (χ0v) is 10.4. The first kappa shape index (κ1) is 10.4. The highest BCUT2D eigenvalue weighted by Crippen LogP contribution is 2.23. The van der Waals surface area contributed by atoms with Gasteiger partial charge in [0, 0.05) is 22.0 Å². The highest BCUT2D eigenvalue weighted by atomic mass is 32.1. The molecule has 17 heavy (non-hydrogen) atoms. The number of fused-ring (bicyclic) bond motifs is 1. The third kappa shape index (κ3) is 1.94. The fraction of sp³-hybridized carbons (Fsp3) is 0.143. The van der Waals surface area contributed by atoms with Crippen LogP contribution in [0.1, 0.15) is 4.88 Å². The maximum absolute atomic E-state index is 5.23. The van der Waals surface area contributed by atoms with Gasteiger partial charge in [-0.1, -0.05) is 6.07 Å². The van der Waals surface area contributed by atoms with Crippen LogP contribution in [-0.4, -0.2) is 11.7 Å². The van der Waals surface area contributed by atoms with Crippen LogP contribution in [-0.2, 0) is 6.54 Å². The Morgan fingerprint density at radius 3 is 2.94 bits per heavy atom. The minimum atomic E-state index is 0.909. The van der Waals surface area contributed by atoms with Gasteiger partial charge in [0.2, 0.25) is 0 Å². The van der Waals surface area contributed by atoms with Gasteiger partial charge in [-0.25, -0.2) is 0 Å². The summed E-state index contributed by atoms with van der Waals surface area (Å²) in [5, 5.41) is 3.34. The van der Waals surface area contributed by atoms with Crippen LogP contribution >= 0.6 is 11.3 Å². The highest BCUT2D eigenvalue weighted by molar-refractivity contribution is 7.09. The topological polar surface area (TPSA) is 14.2 Å². The zero-order chi connectivity index (χ0) is 11.7. The number of hydrogen-bond acceptors (Lipinski definition) is 2. The molecule has 0 aliphatic carbocycles. The van der Waals surface area contributed by atoms with Crippen molar-refractivity contribution in [1.82, 2.24) is 4.57 Å². The van der Waals surface area contributed by atoms with Crippen LogP contribution in [0.25, 0.3) is 10.9 Å². The molecule has 0 radical (unpaired) electrons. The van der Waals surface area contributed by atoms with E-state index in [4.69, 9.17) is 4.74 Å². The molecule has 0 saturated carbocycles. The molecule has 2 nitrogen and oxygen atoms in total. The third-order valence-corrected chi connectivity index (χ3v) is 3.75. The van der Waals surface area contributed by atoms with Crippen LogP contribution < -0.4 is 4.74 Å². The van der Waals surface area contributed by atoms with Gasteiger partial charge in [-0.05, 0) is 35.7 Å². The van der Waals surface area contributed by atoms with Gasteiger partial charge in [-0.3, -0.25) is 0 Å². The van der Waals surface area contributed by atoms with E-state index >= 15 is 0 Å². The number of aromatic nitrogens is 1. The van der Waals surface area contributed by atoms with Crippen molar-refractivity contribution in [3.63, 3.8) is 0 Å². The average molecular weight is 243 g/mol. The lowest BCUT2D eigenvalue weighted by Gasteiger charge is -2.04. The predicted molar refractivity (Wildman–Crippen MR) is 71.9 cm³/mol. The van der Waals surface area contributed by atoms with Crippen LogP contribution in [0.5, 0.6) is 5.75 Å². The minimum absolute atomic E-state index is 0.909. The lowest BCUT2D eigenvalue weighted by Crippen LogP contribution is -1.95. The van der Waals surface area contributed by atoms with Gasteiger partial charge < -0.3 is 9.30 Å². The molecule has 0 saturated heterocycles. The standard InChI is InChI=1S/C14H13NOS/c1-16-12-4-5-14-11(9-12)6-7-15(14)10-13-3-2-8-17-13/h2-9H,10H2,1H3. The predicted octanol–water partition coefficient (Wildman–Crippen LogP) is 3.76. The van der Waals surface area contributed by atoms with Crippen LogP contribution in [0.2, 0.25) is 0 Å². The van der Waals surface area contributed by atoms with E-state index in [2.05, 4.69) is 46.5 Å². The third-order valence-electron chi connectivity index (χ3n) is 2.88. The molecule has 2 heterocycles. The van der Waals surface area contributed by atoms with E-state index in [9.17, 15) is 0 Å². The summed E-state index contributed by atoms with van der Waals surface area (Å²) in [7, 11) is 1.70. The van der Waals surface area contributed by atoms with Crippen LogP contribution in [0.4, 0.5) is 0 Å². The molecule has 0 unspecified atom stereocenters. The Morgan fingerprint density at radius 2 is 2.18 bits per heavy atom. The SMILES string of the molecule is COc1ccc2c(ccn2Cc2cccs2)c1. The molecule has 86 valence electrons. The second kappa shape index (κ2) is 4.26. The Labute approximate surface area is 104 Å². The van der Waals surface area contributed by atoms with E-state index < -0.39 is 0 Å². The number of nitrogens with zero attached hydrogens (tertiary/aromatic N) is 1. The van der Waals surface area contributed by atoms with Gasteiger partial charge in [-0.2, -0.15) is 0 Å². The number of thiophene rings is 1. The minimum Gasteiger partial charge on any atom is -0.497 e. The Morgan fingerprint density at radius 1 is 1.24 bits per heavy atom. The fourth-order valence-electron chi connectivity index (χ4n) is 2.01. The van der Waals surface area contributed by atoms with Crippen molar-refractivity contribution in [2.75, 3.05) is 7.11 Å². The molecule has 0 N–H and O–H groups in total. The van der Waals surface area contributed by atoms with Gasteiger partial charge >= 0.3 is 0 Å². The lowest BCUT2D eigenvalue weighted by molar-refractivity contribution is 0.415. The number of methoxy groups -OCH3 is 1. The van der Waals surface area contributed by atoms with Crippen molar-refractivity contribution >= 4 is 22.2 Å². The Kier molecular flexibility index (Phi) is 2.61. The van der Waals surface area contributed by atoms with Crippen molar-refractivity contribution in [2.45, 2.75) is 6.54 Å². The normalized spacial score (nSPS) is 10.9.